The highest BCUT2D eigenvalue weighted by molar-refractivity contribution is 5.44. The van der Waals surface area contributed by atoms with Crippen LogP contribution in [0.25, 0.3) is 0 Å². The van der Waals surface area contributed by atoms with Gasteiger partial charge < -0.3 is 15.5 Å². The first-order chi connectivity index (χ1) is 8.70. The fourth-order valence-corrected chi connectivity index (χ4v) is 2.56. The van der Waals surface area contributed by atoms with Gasteiger partial charge in [-0.05, 0) is 38.9 Å². The number of nitrogens with two attached hydrogens (primary N) is 1. The number of aromatic nitrogens is 2. The predicted octanol–water partition coefficient (Wildman–Crippen LogP) is 0.713. The summed E-state index contributed by atoms with van der Waals surface area (Å²) in [5.41, 5.74) is 6.75. The van der Waals surface area contributed by atoms with Crippen LogP contribution >= 0.6 is 0 Å². The van der Waals surface area contributed by atoms with Crippen molar-refractivity contribution < 1.29 is 0 Å². The monoisotopic (exact) mass is 249 g/mol. The van der Waals surface area contributed by atoms with Crippen molar-refractivity contribution in [3.05, 3.63) is 18.1 Å². The topological polar surface area (TPSA) is 58.3 Å². The molecule has 1 aromatic heterocycles. The standard InChI is InChI=1S/C13H23N5/c1-17-5-3-11(4-6-17)9-18(2)13-12(7-14)8-15-10-16-13/h8,10-11H,3-7,9,14H2,1-2H3. The average molecular weight is 249 g/mol. The molecule has 2 rings (SSSR count). The predicted molar refractivity (Wildman–Crippen MR) is 73.4 cm³/mol. The molecule has 0 amide bonds. The van der Waals surface area contributed by atoms with Gasteiger partial charge in [-0.3, -0.25) is 0 Å². The van der Waals surface area contributed by atoms with Crippen LogP contribution in [0.15, 0.2) is 12.5 Å². The molecule has 1 fully saturated rings. The van der Waals surface area contributed by atoms with Gasteiger partial charge >= 0.3 is 0 Å². The normalized spacial score (nSPS) is 17.9. The summed E-state index contributed by atoms with van der Waals surface area (Å²) in [6.07, 6.45) is 5.95. The van der Waals surface area contributed by atoms with Crippen molar-refractivity contribution >= 4 is 5.82 Å². The lowest BCUT2D eigenvalue weighted by Crippen LogP contribution is -2.36. The highest BCUT2D eigenvalue weighted by Crippen LogP contribution is 2.21. The van der Waals surface area contributed by atoms with Gasteiger partial charge in [0.2, 0.25) is 0 Å². The van der Waals surface area contributed by atoms with Gasteiger partial charge in [0.1, 0.15) is 12.1 Å². The first kappa shape index (κ1) is 13.2. The average Bonchev–Trinajstić information content (AvgIpc) is 2.41. The molecule has 0 radical (unpaired) electrons. The Bertz CT molecular complexity index is 373. The smallest absolute Gasteiger partial charge is 0.136 e. The Kier molecular flexibility index (Phi) is 4.49. The molecule has 5 heteroatoms. The first-order valence-corrected chi connectivity index (χ1v) is 6.59. The summed E-state index contributed by atoms with van der Waals surface area (Å²) in [7, 11) is 4.29. The Balaban J connectivity index is 1.96. The number of hydrogen-bond donors (Lipinski definition) is 1. The van der Waals surface area contributed by atoms with E-state index in [0.717, 1.165) is 23.8 Å². The Hall–Kier alpha value is -1.20. The van der Waals surface area contributed by atoms with Crippen LogP contribution < -0.4 is 10.6 Å². The first-order valence-electron chi connectivity index (χ1n) is 6.59. The molecule has 5 nitrogen and oxygen atoms in total. The van der Waals surface area contributed by atoms with E-state index in [0.29, 0.717) is 6.54 Å². The van der Waals surface area contributed by atoms with E-state index in [-0.39, 0.29) is 0 Å². The SMILES string of the molecule is CN1CCC(CN(C)c2ncncc2CN)CC1. The van der Waals surface area contributed by atoms with Crippen molar-refractivity contribution in [3.63, 3.8) is 0 Å². The van der Waals surface area contributed by atoms with Crippen molar-refractivity contribution in [1.82, 2.24) is 14.9 Å². The zero-order chi connectivity index (χ0) is 13.0. The van der Waals surface area contributed by atoms with Gasteiger partial charge in [-0.2, -0.15) is 0 Å². The lowest BCUT2D eigenvalue weighted by molar-refractivity contribution is 0.222. The summed E-state index contributed by atoms with van der Waals surface area (Å²) < 4.78 is 0. The second-order valence-electron chi connectivity index (χ2n) is 5.20. The van der Waals surface area contributed by atoms with E-state index in [1.54, 1.807) is 6.33 Å². The molecule has 1 aromatic rings. The van der Waals surface area contributed by atoms with E-state index >= 15 is 0 Å². The van der Waals surface area contributed by atoms with Gasteiger partial charge in [0.15, 0.2) is 0 Å². The Morgan fingerprint density at radius 2 is 2.17 bits per heavy atom. The molecule has 0 aliphatic carbocycles. The third-order valence-corrected chi connectivity index (χ3v) is 3.72. The van der Waals surface area contributed by atoms with Crippen LogP contribution in [-0.2, 0) is 6.54 Å². The van der Waals surface area contributed by atoms with Crippen LogP contribution in [0.4, 0.5) is 5.82 Å². The van der Waals surface area contributed by atoms with E-state index in [9.17, 15) is 0 Å². The van der Waals surface area contributed by atoms with Crippen LogP contribution in [0.1, 0.15) is 18.4 Å². The van der Waals surface area contributed by atoms with Crippen LogP contribution in [0.2, 0.25) is 0 Å². The molecule has 1 saturated heterocycles. The summed E-state index contributed by atoms with van der Waals surface area (Å²) in [6.45, 7) is 3.95. The Morgan fingerprint density at radius 1 is 1.44 bits per heavy atom. The molecule has 1 aliphatic heterocycles. The quantitative estimate of drug-likeness (QED) is 0.852. The second kappa shape index (κ2) is 6.11. The fourth-order valence-electron chi connectivity index (χ4n) is 2.56. The minimum Gasteiger partial charge on any atom is -0.359 e. The molecule has 0 atom stereocenters. The van der Waals surface area contributed by atoms with Gasteiger partial charge in [0.25, 0.3) is 0 Å². The molecule has 100 valence electrons. The van der Waals surface area contributed by atoms with Crippen molar-refractivity contribution in [3.8, 4) is 0 Å². The highest BCUT2D eigenvalue weighted by atomic mass is 15.2. The number of nitrogens with zero attached hydrogens (tertiary/aromatic N) is 4. The highest BCUT2D eigenvalue weighted by Gasteiger charge is 2.19. The molecule has 0 unspecified atom stereocenters. The van der Waals surface area contributed by atoms with E-state index in [1.165, 1.54) is 25.9 Å². The molecule has 18 heavy (non-hydrogen) atoms. The van der Waals surface area contributed by atoms with Crippen LogP contribution in [0, 0.1) is 5.92 Å². The summed E-state index contributed by atoms with van der Waals surface area (Å²) in [5.74, 6) is 1.73. The van der Waals surface area contributed by atoms with E-state index < -0.39 is 0 Å². The molecule has 0 saturated carbocycles. The zero-order valence-corrected chi connectivity index (χ0v) is 11.3. The second-order valence-corrected chi connectivity index (χ2v) is 5.20. The van der Waals surface area contributed by atoms with Gasteiger partial charge in [-0.15, -0.1) is 0 Å². The Morgan fingerprint density at radius 3 is 2.83 bits per heavy atom. The van der Waals surface area contributed by atoms with Crippen molar-refractivity contribution in [2.45, 2.75) is 19.4 Å². The van der Waals surface area contributed by atoms with Crippen molar-refractivity contribution in [1.29, 1.82) is 0 Å². The van der Waals surface area contributed by atoms with E-state index in [1.807, 2.05) is 6.20 Å². The van der Waals surface area contributed by atoms with E-state index in [4.69, 9.17) is 5.73 Å². The van der Waals surface area contributed by atoms with Gasteiger partial charge in [-0.25, -0.2) is 9.97 Å². The number of anilines is 1. The van der Waals surface area contributed by atoms with Gasteiger partial charge in [0.05, 0.1) is 0 Å². The fraction of sp³-hybridized carbons (Fsp3) is 0.692. The molecule has 2 heterocycles. The number of likely N-dealkylation sites (tertiary alicyclic amines) is 1. The molecule has 0 bridgehead atoms. The molecule has 2 N–H and O–H groups in total. The van der Waals surface area contributed by atoms with Crippen LogP contribution in [-0.4, -0.2) is 48.6 Å². The van der Waals surface area contributed by atoms with Crippen molar-refractivity contribution in [2.75, 3.05) is 38.6 Å². The van der Waals surface area contributed by atoms with Crippen LogP contribution in [0.3, 0.4) is 0 Å². The molecular weight excluding hydrogens is 226 g/mol. The number of rotatable bonds is 4. The molecule has 0 aromatic carbocycles. The third-order valence-electron chi connectivity index (χ3n) is 3.72. The van der Waals surface area contributed by atoms with Crippen LogP contribution in [0.5, 0.6) is 0 Å². The molecular formula is C13H23N5. The largest absolute Gasteiger partial charge is 0.359 e. The molecule has 0 spiro atoms. The van der Waals surface area contributed by atoms with Gasteiger partial charge in [0, 0.05) is 31.9 Å². The molecule has 1 aliphatic rings. The minimum absolute atomic E-state index is 0.494. The summed E-state index contributed by atoms with van der Waals surface area (Å²) in [5, 5.41) is 0. The summed E-state index contributed by atoms with van der Waals surface area (Å²) >= 11 is 0. The Labute approximate surface area is 109 Å². The lowest BCUT2D eigenvalue weighted by atomic mass is 9.96. The van der Waals surface area contributed by atoms with Gasteiger partial charge in [-0.1, -0.05) is 0 Å². The lowest BCUT2D eigenvalue weighted by Gasteiger charge is -2.32. The number of hydrogen-bond acceptors (Lipinski definition) is 5. The maximum absolute atomic E-state index is 5.73. The zero-order valence-electron chi connectivity index (χ0n) is 11.3. The minimum atomic E-state index is 0.494. The maximum atomic E-state index is 5.73. The third kappa shape index (κ3) is 3.17. The number of piperidine rings is 1. The van der Waals surface area contributed by atoms with Crippen molar-refractivity contribution in [2.24, 2.45) is 11.7 Å². The van der Waals surface area contributed by atoms with E-state index in [2.05, 4.69) is 33.9 Å². The summed E-state index contributed by atoms with van der Waals surface area (Å²) in [6, 6.07) is 0. The summed E-state index contributed by atoms with van der Waals surface area (Å²) in [4.78, 5) is 13.0. The maximum Gasteiger partial charge on any atom is 0.136 e.